The molecule has 0 aliphatic carbocycles. The predicted octanol–water partition coefficient (Wildman–Crippen LogP) is 5.14. The summed E-state index contributed by atoms with van der Waals surface area (Å²) in [7, 11) is 0. The molecule has 0 aliphatic heterocycles. The molecule has 0 amide bonds. The summed E-state index contributed by atoms with van der Waals surface area (Å²) in [5, 5.41) is 7.89. The maximum Gasteiger partial charge on any atom is 0.330 e. The lowest BCUT2D eigenvalue weighted by atomic mass is 10.1. The maximum atomic E-state index is 11.0. The van der Waals surface area contributed by atoms with E-state index in [1.807, 2.05) is 6.92 Å². The van der Waals surface area contributed by atoms with Gasteiger partial charge in [-0.05, 0) is 13.3 Å². The highest BCUT2D eigenvalue weighted by molar-refractivity contribution is 5.84. The van der Waals surface area contributed by atoms with Crippen molar-refractivity contribution in [2.45, 2.75) is 85.0 Å². The number of carboxylic acids is 1. The largest absolute Gasteiger partial charge is 0.478 e. The Morgan fingerprint density at radius 3 is 1.65 bits per heavy atom. The van der Waals surface area contributed by atoms with Gasteiger partial charge in [0.1, 0.15) is 5.78 Å². The van der Waals surface area contributed by atoms with E-state index in [-0.39, 0.29) is 5.57 Å². The van der Waals surface area contributed by atoms with Crippen molar-refractivity contribution in [1.29, 1.82) is 0 Å². The molecule has 3 heteroatoms. The highest BCUT2D eigenvalue weighted by atomic mass is 16.4. The molecule has 0 radical (unpaired) electrons. The minimum absolute atomic E-state index is 0.176. The van der Waals surface area contributed by atoms with Crippen LogP contribution in [0.2, 0.25) is 0 Å². The minimum Gasteiger partial charge on any atom is -0.478 e. The van der Waals surface area contributed by atoms with Gasteiger partial charge >= 0.3 is 5.97 Å². The molecule has 118 valence electrons. The molecule has 0 aliphatic rings. The number of ketones is 1. The lowest BCUT2D eigenvalue weighted by Crippen LogP contribution is -1.94. The molecule has 0 fully saturated rings. The average molecular weight is 284 g/mol. The highest BCUT2D eigenvalue weighted by Gasteiger charge is 1.97. The third-order valence-electron chi connectivity index (χ3n) is 3.07. The molecule has 0 aromatic rings. The molecule has 0 rings (SSSR count). The molecular formula is C17H32O3. The third-order valence-corrected chi connectivity index (χ3v) is 3.07. The first-order valence-corrected chi connectivity index (χ1v) is 7.86. The number of rotatable bonds is 11. The second-order valence-corrected chi connectivity index (χ2v) is 5.20. The Balaban J connectivity index is 0. The lowest BCUT2D eigenvalue weighted by Gasteiger charge is -2.00. The highest BCUT2D eigenvalue weighted by Crippen LogP contribution is 2.09. The number of hydrogen-bond donors (Lipinski definition) is 1. The van der Waals surface area contributed by atoms with Gasteiger partial charge in [-0.3, -0.25) is 4.79 Å². The van der Waals surface area contributed by atoms with Crippen molar-refractivity contribution in [2.75, 3.05) is 0 Å². The van der Waals surface area contributed by atoms with Crippen LogP contribution in [0.15, 0.2) is 12.2 Å². The van der Waals surface area contributed by atoms with E-state index in [0.717, 1.165) is 19.3 Å². The van der Waals surface area contributed by atoms with Crippen LogP contribution in [0.25, 0.3) is 0 Å². The molecule has 3 nitrogen and oxygen atoms in total. The summed E-state index contributed by atoms with van der Waals surface area (Å²) in [6.45, 7) is 8.80. The van der Waals surface area contributed by atoms with Crippen LogP contribution in [0.3, 0.4) is 0 Å². The van der Waals surface area contributed by atoms with E-state index in [0.29, 0.717) is 5.78 Å². The number of Topliss-reactive ketones (excluding diaryl/α,β-unsaturated/α-hetero) is 1. The summed E-state index contributed by atoms with van der Waals surface area (Å²) in [6, 6.07) is 0. The van der Waals surface area contributed by atoms with E-state index < -0.39 is 5.97 Å². The van der Waals surface area contributed by atoms with E-state index in [1.54, 1.807) is 0 Å². The number of carbonyl (C=O) groups is 2. The molecule has 20 heavy (non-hydrogen) atoms. The summed E-state index contributed by atoms with van der Waals surface area (Å²) >= 11 is 0. The summed E-state index contributed by atoms with van der Waals surface area (Å²) in [4.78, 5) is 20.6. The van der Waals surface area contributed by atoms with Crippen molar-refractivity contribution in [3.05, 3.63) is 12.2 Å². The van der Waals surface area contributed by atoms with Crippen LogP contribution in [-0.4, -0.2) is 16.9 Å². The molecule has 0 atom stereocenters. The molecule has 0 unspecified atom stereocenters. The van der Waals surface area contributed by atoms with Crippen LogP contribution >= 0.6 is 0 Å². The van der Waals surface area contributed by atoms with Gasteiger partial charge in [0.05, 0.1) is 0 Å². The van der Waals surface area contributed by atoms with Crippen LogP contribution in [0, 0.1) is 0 Å². The first kappa shape index (κ1) is 21.2. The first-order chi connectivity index (χ1) is 9.45. The first-order valence-electron chi connectivity index (χ1n) is 7.86. The normalized spacial score (nSPS) is 9.55. The van der Waals surface area contributed by atoms with E-state index in [4.69, 9.17) is 5.11 Å². The van der Waals surface area contributed by atoms with Crippen molar-refractivity contribution in [3.63, 3.8) is 0 Å². The zero-order valence-electron chi connectivity index (χ0n) is 13.5. The van der Waals surface area contributed by atoms with Crippen molar-refractivity contribution < 1.29 is 14.7 Å². The van der Waals surface area contributed by atoms with E-state index in [2.05, 4.69) is 13.5 Å². The lowest BCUT2D eigenvalue weighted by molar-refractivity contribution is -0.132. The number of unbranched alkanes of at least 4 members (excludes halogenated alkanes) is 7. The summed E-state index contributed by atoms with van der Waals surface area (Å²) in [6.07, 6.45) is 12.1. The Morgan fingerprint density at radius 1 is 0.900 bits per heavy atom. The zero-order valence-corrected chi connectivity index (χ0v) is 13.5. The van der Waals surface area contributed by atoms with E-state index in [1.165, 1.54) is 51.9 Å². The maximum absolute atomic E-state index is 11.0. The summed E-state index contributed by atoms with van der Waals surface area (Å²) < 4.78 is 0. The average Bonchev–Trinajstić information content (AvgIpc) is 2.42. The fourth-order valence-electron chi connectivity index (χ4n) is 1.63. The molecule has 0 saturated carbocycles. The Bertz CT molecular complexity index is 257. The van der Waals surface area contributed by atoms with Crippen molar-refractivity contribution >= 4 is 11.8 Å². The van der Waals surface area contributed by atoms with Crippen LogP contribution < -0.4 is 0 Å². The van der Waals surface area contributed by atoms with Gasteiger partial charge in [0.2, 0.25) is 0 Å². The number of carbonyl (C=O) groups excluding carboxylic acids is 1. The van der Waals surface area contributed by atoms with Crippen LogP contribution in [0.1, 0.15) is 85.0 Å². The molecular weight excluding hydrogens is 252 g/mol. The zero-order chi connectivity index (χ0) is 15.8. The van der Waals surface area contributed by atoms with Crippen molar-refractivity contribution in [2.24, 2.45) is 0 Å². The van der Waals surface area contributed by atoms with Gasteiger partial charge in [-0.2, -0.15) is 0 Å². The predicted molar refractivity (Wildman–Crippen MR) is 85.0 cm³/mol. The smallest absolute Gasteiger partial charge is 0.330 e. The van der Waals surface area contributed by atoms with Gasteiger partial charge < -0.3 is 5.11 Å². The van der Waals surface area contributed by atoms with Gasteiger partial charge in [-0.1, -0.05) is 65.4 Å². The second-order valence-electron chi connectivity index (χ2n) is 5.20. The molecule has 0 saturated heterocycles. The van der Waals surface area contributed by atoms with Crippen LogP contribution in [0.4, 0.5) is 0 Å². The Hall–Kier alpha value is -1.12. The van der Waals surface area contributed by atoms with Gasteiger partial charge in [0.25, 0.3) is 0 Å². The fraction of sp³-hybridized carbons (Fsp3) is 0.765. The van der Waals surface area contributed by atoms with Crippen molar-refractivity contribution in [1.82, 2.24) is 0 Å². The molecule has 0 spiro atoms. The Labute approximate surface area is 124 Å². The van der Waals surface area contributed by atoms with E-state index >= 15 is 0 Å². The SMILES string of the molecule is C=C(C)C(=O)O.CCCCCCCCCCC(=O)CC. The number of hydrogen-bond acceptors (Lipinski definition) is 2. The number of aliphatic carboxylic acids is 1. The fourth-order valence-corrected chi connectivity index (χ4v) is 1.63. The molecule has 0 bridgehead atoms. The van der Waals surface area contributed by atoms with Gasteiger partial charge in [0.15, 0.2) is 0 Å². The summed E-state index contributed by atoms with van der Waals surface area (Å²) in [5.74, 6) is -0.508. The quantitative estimate of drug-likeness (QED) is 0.422. The number of carboxylic acid groups (broad SMARTS) is 1. The van der Waals surface area contributed by atoms with Gasteiger partial charge in [-0.15, -0.1) is 0 Å². The molecule has 1 N–H and O–H groups in total. The summed E-state index contributed by atoms with van der Waals surface area (Å²) in [5.41, 5.74) is 0.176. The minimum atomic E-state index is -0.935. The van der Waals surface area contributed by atoms with Gasteiger partial charge in [-0.25, -0.2) is 4.79 Å². The molecule has 0 heterocycles. The topological polar surface area (TPSA) is 54.4 Å². The standard InChI is InChI=1S/C13H26O.C4H6O2/c1-3-5-6-7-8-9-10-11-12-13(14)4-2;1-3(2)4(5)6/h3-12H2,1-2H3;1H2,2H3,(H,5,6). The molecule has 0 aromatic carbocycles. The second kappa shape index (κ2) is 15.9. The Kier molecular flexibility index (Phi) is 16.9. The monoisotopic (exact) mass is 284 g/mol. The van der Waals surface area contributed by atoms with Crippen LogP contribution in [0.5, 0.6) is 0 Å². The van der Waals surface area contributed by atoms with E-state index in [9.17, 15) is 9.59 Å². The van der Waals surface area contributed by atoms with Crippen LogP contribution in [-0.2, 0) is 9.59 Å². The van der Waals surface area contributed by atoms with Crippen molar-refractivity contribution in [3.8, 4) is 0 Å². The Morgan fingerprint density at radius 2 is 1.30 bits per heavy atom. The third kappa shape index (κ3) is 19.2. The van der Waals surface area contributed by atoms with Gasteiger partial charge in [0, 0.05) is 18.4 Å². The molecule has 0 aromatic heterocycles.